The molecule has 4 nitrogen and oxygen atoms in total. The maximum atomic E-state index is 11.9. The monoisotopic (exact) mass is 435 g/mol. The molecule has 0 radical (unpaired) electrons. The molecule has 1 N–H and O–H groups in total. The first kappa shape index (κ1) is 23.1. The van der Waals surface area contributed by atoms with Gasteiger partial charge < -0.3 is 9.88 Å². The number of amides is 1. The molecule has 3 rings (SSSR count). The molecule has 5 heteroatoms. The number of aromatic nitrogens is 2. The number of hydrogen-bond donors (Lipinski definition) is 1. The molecule has 0 aliphatic rings. The molecule has 3 aromatic rings. The second kappa shape index (κ2) is 12.4. The van der Waals surface area contributed by atoms with Crippen LogP contribution in [0.15, 0.2) is 65.8 Å². The Hall–Kier alpha value is -2.53. The van der Waals surface area contributed by atoms with Gasteiger partial charge in [0.2, 0.25) is 5.91 Å². The van der Waals surface area contributed by atoms with E-state index in [0.717, 1.165) is 54.4 Å². The van der Waals surface area contributed by atoms with Crippen LogP contribution in [-0.2, 0) is 11.3 Å². The van der Waals surface area contributed by atoms with Gasteiger partial charge in [0.05, 0.1) is 11.4 Å². The van der Waals surface area contributed by atoms with E-state index in [0.29, 0.717) is 13.0 Å². The van der Waals surface area contributed by atoms with Gasteiger partial charge in [0, 0.05) is 36.4 Å². The van der Waals surface area contributed by atoms with Gasteiger partial charge in [-0.25, -0.2) is 4.98 Å². The maximum absolute atomic E-state index is 11.9. The van der Waals surface area contributed by atoms with Crippen LogP contribution < -0.4 is 5.32 Å². The first-order valence-electron chi connectivity index (χ1n) is 11.4. The number of hydrogen-bond acceptors (Lipinski definition) is 3. The zero-order chi connectivity index (χ0) is 21.9. The molecule has 0 saturated heterocycles. The summed E-state index contributed by atoms with van der Waals surface area (Å²) < 4.78 is 2.37. The van der Waals surface area contributed by atoms with Crippen molar-refractivity contribution in [2.45, 2.75) is 57.7 Å². The highest BCUT2D eigenvalue weighted by Crippen LogP contribution is 2.36. The number of nitrogens with one attached hydrogen (secondary N) is 1. The largest absolute Gasteiger partial charge is 0.355 e. The van der Waals surface area contributed by atoms with Gasteiger partial charge in [0.1, 0.15) is 0 Å². The summed E-state index contributed by atoms with van der Waals surface area (Å²) in [4.78, 5) is 17.0. The number of nitrogens with zero attached hydrogens (tertiary/aromatic N) is 2. The SMILES string of the molecule is CCCCC(=O)NCCSc1nc(-c2ccccc2)c(-c2ccccc2)n1CCCC. The number of thioether (sulfide) groups is 1. The number of carbonyl (C=O) groups excluding carboxylic acids is 1. The van der Waals surface area contributed by atoms with Crippen molar-refractivity contribution in [1.82, 2.24) is 14.9 Å². The number of benzene rings is 2. The summed E-state index contributed by atoms with van der Waals surface area (Å²) >= 11 is 1.72. The van der Waals surface area contributed by atoms with Crippen molar-refractivity contribution >= 4 is 17.7 Å². The lowest BCUT2D eigenvalue weighted by atomic mass is 10.0. The Balaban J connectivity index is 1.87. The van der Waals surface area contributed by atoms with Crippen molar-refractivity contribution in [3.05, 3.63) is 60.7 Å². The first-order valence-corrected chi connectivity index (χ1v) is 12.3. The first-order chi connectivity index (χ1) is 15.2. The van der Waals surface area contributed by atoms with Crippen LogP contribution >= 0.6 is 11.8 Å². The molecular formula is C26H33N3OS. The van der Waals surface area contributed by atoms with E-state index in [4.69, 9.17) is 4.98 Å². The highest BCUT2D eigenvalue weighted by molar-refractivity contribution is 7.99. The number of rotatable bonds is 12. The molecule has 0 aliphatic heterocycles. The summed E-state index contributed by atoms with van der Waals surface area (Å²) in [7, 11) is 0. The molecule has 0 aliphatic carbocycles. The van der Waals surface area contributed by atoms with Crippen molar-refractivity contribution in [1.29, 1.82) is 0 Å². The lowest BCUT2D eigenvalue weighted by Crippen LogP contribution is -2.25. The third kappa shape index (κ3) is 6.47. The Bertz CT molecular complexity index is 938. The van der Waals surface area contributed by atoms with E-state index in [2.05, 4.69) is 78.3 Å². The third-order valence-electron chi connectivity index (χ3n) is 5.18. The van der Waals surface area contributed by atoms with Crippen molar-refractivity contribution in [2.75, 3.05) is 12.3 Å². The normalized spacial score (nSPS) is 10.9. The fourth-order valence-corrected chi connectivity index (χ4v) is 4.39. The van der Waals surface area contributed by atoms with Crippen molar-refractivity contribution in [2.24, 2.45) is 0 Å². The minimum absolute atomic E-state index is 0.145. The van der Waals surface area contributed by atoms with Crippen LogP contribution in [0.1, 0.15) is 46.0 Å². The van der Waals surface area contributed by atoms with Crippen LogP contribution in [0.2, 0.25) is 0 Å². The Morgan fingerprint density at radius 1 is 0.935 bits per heavy atom. The molecular weight excluding hydrogens is 402 g/mol. The maximum Gasteiger partial charge on any atom is 0.220 e. The molecule has 1 aromatic heterocycles. The van der Waals surface area contributed by atoms with Gasteiger partial charge in [-0.15, -0.1) is 0 Å². The molecule has 0 bridgehead atoms. The van der Waals surface area contributed by atoms with E-state index in [-0.39, 0.29) is 5.91 Å². The second-order valence-corrected chi connectivity index (χ2v) is 8.69. The van der Waals surface area contributed by atoms with Crippen molar-refractivity contribution < 1.29 is 4.79 Å². The second-order valence-electron chi connectivity index (χ2n) is 7.63. The van der Waals surface area contributed by atoms with Gasteiger partial charge in [-0.2, -0.15) is 0 Å². The molecule has 0 fully saturated rings. The summed E-state index contributed by atoms with van der Waals surface area (Å²) in [5, 5.41) is 4.06. The van der Waals surface area contributed by atoms with Crippen LogP contribution in [-0.4, -0.2) is 27.8 Å². The number of unbranched alkanes of at least 4 members (excludes halogenated alkanes) is 2. The van der Waals surface area contributed by atoms with E-state index in [9.17, 15) is 4.79 Å². The predicted molar refractivity (Wildman–Crippen MR) is 131 cm³/mol. The topological polar surface area (TPSA) is 46.9 Å². The summed E-state index contributed by atoms with van der Waals surface area (Å²) in [6.07, 6.45) is 4.84. The molecule has 0 unspecified atom stereocenters. The highest BCUT2D eigenvalue weighted by atomic mass is 32.2. The summed E-state index contributed by atoms with van der Waals surface area (Å²) in [5.74, 6) is 0.954. The Morgan fingerprint density at radius 3 is 2.23 bits per heavy atom. The third-order valence-corrected chi connectivity index (χ3v) is 6.15. The van der Waals surface area contributed by atoms with Crippen molar-refractivity contribution in [3.63, 3.8) is 0 Å². The average Bonchev–Trinajstić information content (AvgIpc) is 3.18. The Morgan fingerprint density at radius 2 is 1.58 bits per heavy atom. The molecule has 0 saturated carbocycles. The summed E-state index contributed by atoms with van der Waals surface area (Å²) in [6, 6.07) is 21.0. The van der Waals surface area contributed by atoms with Crippen LogP contribution in [0.3, 0.4) is 0 Å². The average molecular weight is 436 g/mol. The van der Waals surface area contributed by atoms with Crippen LogP contribution in [0.5, 0.6) is 0 Å². The van der Waals surface area contributed by atoms with Crippen LogP contribution in [0.4, 0.5) is 0 Å². The Labute approximate surface area is 190 Å². The minimum Gasteiger partial charge on any atom is -0.355 e. The van der Waals surface area contributed by atoms with E-state index >= 15 is 0 Å². The van der Waals surface area contributed by atoms with Gasteiger partial charge in [-0.3, -0.25) is 4.79 Å². The van der Waals surface area contributed by atoms with E-state index < -0.39 is 0 Å². The molecule has 0 spiro atoms. The summed E-state index contributed by atoms with van der Waals surface area (Å²) in [5.41, 5.74) is 4.52. The number of carbonyl (C=O) groups is 1. The van der Waals surface area contributed by atoms with E-state index in [1.807, 2.05) is 6.07 Å². The van der Waals surface area contributed by atoms with Gasteiger partial charge in [0.15, 0.2) is 5.16 Å². The minimum atomic E-state index is 0.145. The molecule has 0 atom stereocenters. The quantitative estimate of drug-likeness (QED) is 0.264. The predicted octanol–water partition coefficient (Wildman–Crippen LogP) is 6.42. The van der Waals surface area contributed by atoms with Gasteiger partial charge in [-0.05, 0) is 12.8 Å². The standard InChI is InChI=1S/C26H33N3OS/c1-3-5-17-23(30)27-18-20-31-26-28-24(21-13-9-7-10-14-21)25(29(26)19-6-4-2)22-15-11-8-12-16-22/h7-16H,3-6,17-20H2,1-2H3,(H,27,30). The zero-order valence-corrected chi connectivity index (χ0v) is 19.5. The van der Waals surface area contributed by atoms with E-state index in [1.54, 1.807) is 11.8 Å². The van der Waals surface area contributed by atoms with Gasteiger partial charge in [-0.1, -0.05) is 99.1 Å². The lowest BCUT2D eigenvalue weighted by molar-refractivity contribution is -0.121. The molecule has 1 heterocycles. The van der Waals surface area contributed by atoms with Gasteiger partial charge >= 0.3 is 0 Å². The molecule has 2 aromatic carbocycles. The fourth-order valence-electron chi connectivity index (χ4n) is 3.51. The van der Waals surface area contributed by atoms with E-state index in [1.165, 1.54) is 11.3 Å². The van der Waals surface area contributed by atoms with Gasteiger partial charge in [0.25, 0.3) is 0 Å². The van der Waals surface area contributed by atoms with Crippen LogP contribution in [0, 0.1) is 0 Å². The fraction of sp³-hybridized carbons (Fsp3) is 0.385. The molecule has 31 heavy (non-hydrogen) atoms. The zero-order valence-electron chi connectivity index (χ0n) is 18.6. The molecule has 164 valence electrons. The summed E-state index contributed by atoms with van der Waals surface area (Å²) in [6.45, 7) is 5.92. The smallest absolute Gasteiger partial charge is 0.220 e. The lowest BCUT2D eigenvalue weighted by Gasteiger charge is -2.13. The van der Waals surface area contributed by atoms with Crippen LogP contribution in [0.25, 0.3) is 22.5 Å². The molecule has 1 amide bonds. The Kier molecular flexibility index (Phi) is 9.22. The number of imidazole rings is 1. The van der Waals surface area contributed by atoms with Crippen molar-refractivity contribution in [3.8, 4) is 22.5 Å². The highest BCUT2D eigenvalue weighted by Gasteiger charge is 2.20.